The van der Waals surface area contributed by atoms with Crippen molar-refractivity contribution in [1.29, 1.82) is 0 Å². The lowest BCUT2D eigenvalue weighted by atomic mass is 9.98. The molecule has 0 unspecified atom stereocenters. The molecule has 0 atom stereocenters. The van der Waals surface area contributed by atoms with Gasteiger partial charge in [-0.1, -0.05) is 42.5 Å². The molecule has 136 valence electrons. The first-order valence-electron chi connectivity index (χ1n) is 8.89. The van der Waals surface area contributed by atoms with Crippen LogP contribution in [0, 0.1) is 5.82 Å². The maximum atomic E-state index is 13.4. The summed E-state index contributed by atoms with van der Waals surface area (Å²) >= 11 is 0. The third kappa shape index (κ3) is 2.95. The van der Waals surface area contributed by atoms with Crippen molar-refractivity contribution in [3.63, 3.8) is 0 Å². The predicted molar refractivity (Wildman–Crippen MR) is 101 cm³/mol. The molecule has 0 aliphatic carbocycles. The van der Waals surface area contributed by atoms with Crippen LogP contribution in [-0.4, -0.2) is 34.7 Å². The number of rotatable bonds is 4. The number of fused-ring (bicyclic) bond motifs is 1. The van der Waals surface area contributed by atoms with Crippen LogP contribution >= 0.6 is 0 Å². The fraction of sp³-hybridized carbons (Fsp3) is 0.182. The summed E-state index contributed by atoms with van der Waals surface area (Å²) in [6.07, 6.45) is 2.34. The Hall–Kier alpha value is -3.21. The molecule has 4 nitrogen and oxygen atoms in total. The van der Waals surface area contributed by atoms with Gasteiger partial charge in [0.15, 0.2) is 0 Å². The first-order valence-corrected chi connectivity index (χ1v) is 8.89. The molecule has 0 radical (unpaired) electrons. The van der Waals surface area contributed by atoms with E-state index < -0.39 is 0 Å². The van der Waals surface area contributed by atoms with Crippen molar-refractivity contribution in [1.82, 2.24) is 9.80 Å². The molecule has 2 heterocycles. The summed E-state index contributed by atoms with van der Waals surface area (Å²) in [6, 6.07) is 13.8. The van der Waals surface area contributed by atoms with Gasteiger partial charge in [-0.15, -0.1) is 6.58 Å². The highest BCUT2D eigenvalue weighted by Gasteiger charge is 2.41. The molecule has 2 aliphatic heterocycles. The van der Waals surface area contributed by atoms with Crippen molar-refractivity contribution in [2.75, 3.05) is 13.1 Å². The molecular weight excluding hydrogens is 343 g/mol. The molecule has 4 rings (SSSR count). The zero-order valence-corrected chi connectivity index (χ0v) is 14.8. The summed E-state index contributed by atoms with van der Waals surface area (Å²) in [4.78, 5) is 29.2. The summed E-state index contributed by atoms with van der Waals surface area (Å²) in [5, 5.41) is 0. The average Bonchev–Trinajstić information content (AvgIpc) is 2.93. The van der Waals surface area contributed by atoms with Crippen molar-refractivity contribution in [2.24, 2.45) is 0 Å². The van der Waals surface area contributed by atoms with Crippen LogP contribution in [0.5, 0.6) is 0 Å². The molecule has 2 aliphatic rings. The number of carbonyl (C=O) groups is 2. The maximum Gasteiger partial charge on any atom is 0.278 e. The van der Waals surface area contributed by atoms with E-state index in [0.29, 0.717) is 29.9 Å². The SMILES string of the molecule is C=CCN1C(=O)C(c2ccc(F)cc2)=C(N2CCc3ccccc3C2)C1=O. The standard InChI is InChI=1S/C22H19FN2O2/c1-2-12-25-21(26)19(16-7-9-18(23)10-8-16)20(22(25)27)24-13-11-15-5-3-4-6-17(15)14-24/h2-10H,1,11-14H2. The van der Waals surface area contributed by atoms with E-state index in [4.69, 9.17) is 0 Å². The highest BCUT2D eigenvalue weighted by Crippen LogP contribution is 2.34. The van der Waals surface area contributed by atoms with Crippen LogP contribution in [0.1, 0.15) is 16.7 Å². The highest BCUT2D eigenvalue weighted by molar-refractivity contribution is 6.35. The van der Waals surface area contributed by atoms with Crippen LogP contribution in [-0.2, 0) is 22.6 Å². The van der Waals surface area contributed by atoms with Gasteiger partial charge in [0.25, 0.3) is 11.8 Å². The normalized spacial score (nSPS) is 16.8. The fourth-order valence-corrected chi connectivity index (χ4v) is 3.71. The number of hydrogen-bond acceptors (Lipinski definition) is 3. The number of amides is 2. The minimum atomic E-state index is -0.382. The van der Waals surface area contributed by atoms with Crippen LogP contribution in [0.25, 0.3) is 5.57 Å². The van der Waals surface area contributed by atoms with Crippen LogP contribution < -0.4 is 0 Å². The Morgan fingerprint density at radius 3 is 2.41 bits per heavy atom. The van der Waals surface area contributed by atoms with Gasteiger partial charge in [0.05, 0.1) is 5.57 Å². The number of carbonyl (C=O) groups excluding carboxylic acids is 2. The van der Waals surface area contributed by atoms with Crippen molar-refractivity contribution in [3.05, 3.63) is 89.4 Å². The topological polar surface area (TPSA) is 40.6 Å². The minimum absolute atomic E-state index is 0.149. The molecular formula is C22H19FN2O2. The van der Waals surface area contributed by atoms with E-state index in [2.05, 4.69) is 12.6 Å². The maximum absolute atomic E-state index is 13.4. The van der Waals surface area contributed by atoms with Crippen molar-refractivity contribution < 1.29 is 14.0 Å². The van der Waals surface area contributed by atoms with Crippen molar-refractivity contribution in [2.45, 2.75) is 13.0 Å². The van der Waals surface area contributed by atoms with Crippen LogP contribution in [0.4, 0.5) is 4.39 Å². The van der Waals surface area contributed by atoms with Crippen molar-refractivity contribution >= 4 is 17.4 Å². The molecule has 2 aromatic carbocycles. The zero-order chi connectivity index (χ0) is 19.0. The Morgan fingerprint density at radius 1 is 1.00 bits per heavy atom. The van der Waals surface area contributed by atoms with Crippen molar-refractivity contribution in [3.8, 4) is 0 Å². The Morgan fingerprint density at radius 2 is 1.70 bits per heavy atom. The molecule has 0 spiro atoms. The van der Waals surface area contributed by atoms with E-state index in [1.165, 1.54) is 28.7 Å². The Labute approximate surface area is 157 Å². The van der Waals surface area contributed by atoms with Crippen LogP contribution in [0.3, 0.4) is 0 Å². The first kappa shape index (κ1) is 17.2. The lowest BCUT2D eigenvalue weighted by Crippen LogP contribution is -2.37. The van der Waals surface area contributed by atoms with Gasteiger partial charge in [0, 0.05) is 19.6 Å². The molecule has 0 fully saturated rings. The molecule has 0 N–H and O–H groups in total. The minimum Gasteiger partial charge on any atom is -0.362 e. The van der Waals surface area contributed by atoms with E-state index in [-0.39, 0.29) is 24.2 Å². The first-order chi connectivity index (χ1) is 13.1. The zero-order valence-electron chi connectivity index (χ0n) is 14.8. The van der Waals surface area contributed by atoms with Crippen LogP contribution in [0.15, 0.2) is 66.9 Å². The number of nitrogens with zero attached hydrogens (tertiary/aromatic N) is 2. The summed E-state index contributed by atoms with van der Waals surface area (Å²) in [7, 11) is 0. The van der Waals surface area contributed by atoms with E-state index in [1.54, 1.807) is 12.1 Å². The molecule has 5 heteroatoms. The van der Waals surface area contributed by atoms with Gasteiger partial charge in [-0.05, 0) is 35.2 Å². The van der Waals surface area contributed by atoms with Gasteiger partial charge in [-0.3, -0.25) is 14.5 Å². The molecule has 0 saturated carbocycles. The van der Waals surface area contributed by atoms with Gasteiger partial charge in [-0.2, -0.15) is 0 Å². The van der Waals surface area contributed by atoms with Gasteiger partial charge in [-0.25, -0.2) is 4.39 Å². The predicted octanol–water partition coefficient (Wildman–Crippen LogP) is 3.15. The number of imide groups is 1. The summed E-state index contributed by atoms with van der Waals surface area (Å²) in [6.45, 7) is 5.01. The lowest BCUT2D eigenvalue weighted by Gasteiger charge is -2.31. The van der Waals surface area contributed by atoms with Crippen LogP contribution in [0.2, 0.25) is 0 Å². The second-order valence-corrected chi connectivity index (χ2v) is 6.68. The quantitative estimate of drug-likeness (QED) is 0.620. The largest absolute Gasteiger partial charge is 0.362 e. The number of hydrogen-bond donors (Lipinski definition) is 0. The van der Waals surface area contributed by atoms with Gasteiger partial charge in [0.2, 0.25) is 0 Å². The van der Waals surface area contributed by atoms with E-state index >= 15 is 0 Å². The molecule has 2 aromatic rings. The third-order valence-corrected chi connectivity index (χ3v) is 5.03. The monoisotopic (exact) mass is 362 g/mol. The Bertz CT molecular complexity index is 963. The summed E-state index contributed by atoms with van der Waals surface area (Å²) in [5.74, 6) is -1.06. The Balaban J connectivity index is 1.80. The van der Waals surface area contributed by atoms with E-state index in [1.807, 2.05) is 23.1 Å². The van der Waals surface area contributed by atoms with Gasteiger partial charge < -0.3 is 4.90 Å². The molecule has 0 saturated heterocycles. The molecule has 27 heavy (non-hydrogen) atoms. The summed E-state index contributed by atoms with van der Waals surface area (Å²) in [5.41, 5.74) is 3.69. The Kier molecular flexibility index (Phi) is 4.36. The van der Waals surface area contributed by atoms with Gasteiger partial charge in [0.1, 0.15) is 11.5 Å². The molecule has 0 bridgehead atoms. The second kappa shape index (κ2) is 6.83. The lowest BCUT2D eigenvalue weighted by molar-refractivity contribution is -0.136. The second-order valence-electron chi connectivity index (χ2n) is 6.68. The van der Waals surface area contributed by atoms with Gasteiger partial charge >= 0.3 is 0 Å². The smallest absolute Gasteiger partial charge is 0.278 e. The fourth-order valence-electron chi connectivity index (χ4n) is 3.71. The third-order valence-electron chi connectivity index (χ3n) is 5.03. The molecule has 0 aromatic heterocycles. The summed E-state index contributed by atoms with van der Waals surface area (Å²) < 4.78 is 13.4. The highest BCUT2D eigenvalue weighted by atomic mass is 19.1. The van der Waals surface area contributed by atoms with E-state index in [0.717, 1.165) is 12.0 Å². The van der Waals surface area contributed by atoms with E-state index in [9.17, 15) is 14.0 Å². The number of benzene rings is 2. The number of halogens is 1. The average molecular weight is 362 g/mol. The molecule has 2 amide bonds.